The van der Waals surface area contributed by atoms with Crippen molar-refractivity contribution >= 4 is 34.4 Å². The topological polar surface area (TPSA) is 46.4 Å². The van der Waals surface area contributed by atoms with Gasteiger partial charge in [0, 0.05) is 34.3 Å². The molecule has 3 aromatic carbocycles. The van der Waals surface area contributed by atoms with E-state index in [2.05, 4.69) is 81.8 Å². The Kier molecular flexibility index (Phi) is 6.13. The molecule has 1 amide bonds. The summed E-state index contributed by atoms with van der Waals surface area (Å²) in [6, 6.07) is 33.2. The van der Waals surface area contributed by atoms with E-state index in [4.69, 9.17) is 0 Å². The van der Waals surface area contributed by atoms with Crippen LogP contribution in [0.15, 0.2) is 108 Å². The number of thiophene rings is 1. The number of hydrogen-bond acceptors (Lipinski definition) is 3. The fraction of sp³-hybridized carbons (Fsp3) is 0.0714. The first kappa shape index (κ1) is 20.9. The number of rotatable bonds is 7. The minimum absolute atomic E-state index is 0.110. The zero-order chi connectivity index (χ0) is 22.5. The number of fused-ring (bicyclic) bond motifs is 1. The molecule has 0 saturated heterocycles. The fourth-order valence-corrected chi connectivity index (χ4v) is 4.72. The second kappa shape index (κ2) is 9.67. The van der Waals surface area contributed by atoms with Crippen molar-refractivity contribution in [3.8, 4) is 22.4 Å². The van der Waals surface area contributed by atoms with Crippen molar-refractivity contribution in [1.29, 1.82) is 0 Å². The smallest absolute Gasteiger partial charge is 0.241 e. The molecule has 0 radical (unpaired) electrons. The minimum atomic E-state index is -0.110. The maximum absolute atomic E-state index is 12.6. The molecule has 0 aliphatic carbocycles. The molecule has 0 spiro atoms. The molecule has 0 fully saturated rings. The van der Waals surface area contributed by atoms with E-state index in [1.807, 2.05) is 35.7 Å². The average Bonchev–Trinajstić information content (AvgIpc) is 3.50. The lowest BCUT2D eigenvalue weighted by molar-refractivity contribution is -0.121. The molecule has 5 aromatic rings. The monoisotopic (exact) mass is 449 g/mol. The molecular weight excluding hydrogens is 426 g/mol. The van der Waals surface area contributed by atoms with Gasteiger partial charge < -0.3 is 4.57 Å². The summed E-state index contributed by atoms with van der Waals surface area (Å²) >= 11 is 1.58. The van der Waals surface area contributed by atoms with Crippen LogP contribution in [0.5, 0.6) is 0 Å². The summed E-state index contributed by atoms with van der Waals surface area (Å²) in [6.07, 6.45) is 2.01. The van der Waals surface area contributed by atoms with E-state index in [9.17, 15) is 4.79 Å². The summed E-state index contributed by atoms with van der Waals surface area (Å²) in [4.78, 5) is 13.6. The fourth-order valence-electron chi connectivity index (χ4n) is 4.13. The van der Waals surface area contributed by atoms with E-state index in [1.165, 1.54) is 10.9 Å². The SMILES string of the molecule is O=C(CCn1c(-c2ccccc2)c(-c2ccccc2)c2ccccc21)N/N=C/c1cccs1. The third-order valence-electron chi connectivity index (χ3n) is 5.57. The summed E-state index contributed by atoms with van der Waals surface area (Å²) in [5.41, 5.74) is 8.38. The summed E-state index contributed by atoms with van der Waals surface area (Å²) in [7, 11) is 0. The zero-order valence-corrected chi connectivity index (χ0v) is 18.8. The maximum atomic E-state index is 12.6. The summed E-state index contributed by atoms with van der Waals surface area (Å²) < 4.78 is 2.26. The lowest BCUT2D eigenvalue weighted by Crippen LogP contribution is -2.19. The number of carbonyl (C=O) groups excluding carboxylic acids is 1. The highest BCUT2D eigenvalue weighted by Crippen LogP contribution is 2.40. The Balaban J connectivity index is 1.52. The molecule has 0 aliphatic rings. The Labute approximate surface area is 196 Å². The van der Waals surface area contributed by atoms with Crippen LogP contribution >= 0.6 is 11.3 Å². The predicted octanol–water partition coefficient (Wildman–Crippen LogP) is 6.58. The number of para-hydroxylation sites is 1. The molecule has 0 saturated carbocycles. The molecule has 1 N–H and O–H groups in total. The van der Waals surface area contributed by atoms with E-state index in [1.54, 1.807) is 17.6 Å². The second-order valence-electron chi connectivity index (χ2n) is 7.68. The van der Waals surface area contributed by atoms with Gasteiger partial charge in [0.15, 0.2) is 0 Å². The summed E-state index contributed by atoms with van der Waals surface area (Å²) in [6.45, 7) is 0.554. The molecule has 5 rings (SSSR count). The van der Waals surface area contributed by atoms with Gasteiger partial charge in [0.2, 0.25) is 5.91 Å². The van der Waals surface area contributed by atoms with Gasteiger partial charge in [-0.3, -0.25) is 4.79 Å². The Morgan fingerprint density at radius 2 is 1.55 bits per heavy atom. The second-order valence-corrected chi connectivity index (χ2v) is 8.66. The van der Waals surface area contributed by atoms with Gasteiger partial charge in [-0.05, 0) is 28.6 Å². The molecule has 0 unspecified atom stereocenters. The zero-order valence-electron chi connectivity index (χ0n) is 18.0. The molecule has 2 heterocycles. The minimum Gasteiger partial charge on any atom is -0.339 e. The van der Waals surface area contributed by atoms with Crippen molar-refractivity contribution in [3.05, 3.63) is 107 Å². The van der Waals surface area contributed by atoms with E-state index < -0.39 is 0 Å². The highest BCUT2D eigenvalue weighted by Gasteiger charge is 2.20. The van der Waals surface area contributed by atoms with Crippen LogP contribution in [-0.2, 0) is 11.3 Å². The van der Waals surface area contributed by atoms with Gasteiger partial charge in [-0.15, -0.1) is 11.3 Å². The Hall–Kier alpha value is -3.96. The van der Waals surface area contributed by atoms with Crippen LogP contribution in [0.2, 0.25) is 0 Å². The van der Waals surface area contributed by atoms with Crippen LogP contribution in [0.3, 0.4) is 0 Å². The first-order valence-corrected chi connectivity index (χ1v) is 11.8. The van der Waals surface area contributed by atoms with Gasteiger partial charge in [0.25, 0.3) is 0 Å². The first-order valence-electron chi connectivity index (χ1n) is 10.9. The summed E-state index contributed by atoms with van der Waals surface area (Å²) in [5.74, 6) is -0.110. The van der Waals surface area contributed by atoms with Crippen molar-refractivity contribution in [1.82, 2.24) is 9.99 Å². The van der Waals surface area contributed by atoms with E-state index in [-0.39, 0.29) is 5.91 Å². The number of hydrazone groups is 1. The van der Waals surface area contributed by atoms with Crippen molar-refractivity contribution < 1.29 is 4.79 Å². The van der Waals surface area contributed by atoms with Crippen LogP contribution in [0.4, 0.5) is 0 Å². The summed E-state index contributed by atoms with van der Waals surface area (Å²) in [5, 5.41) is 7.26. The third kappa shape index (κ3) is 4.49. The molecule has 0 bridgehead atoms. The maximum Gasteiger partial charge on any atom is 0.241 e. The van der Waals surface area contributed by atoms with Crippen LogP contribution in [0, 0.1) is 0 Å². The number of nitrogens with zero attached hydrogens (tertiary/aromatic N) is 2. The lowest BCUT2D eigenvalue weighted by atomic mass is 9.98. The number of amides is 1. The molecule has 5 heteroatoms. The Morgan fingerprint density at radius 3 is 2.27 bits per heavy atom. The van der Waals surface area contributed by atoms with Gasteiger partial charge in [-0.2, -0.15) is 5.10 Å². The number of nitrogens with one attached hydrogen (secondary N) is 1. The van der Waals surface area contributed by atoms with Gasteiger partial charge in [0.05, 0.1) is 11.9 Å². The largest absolute Gasteiger partial charge is 0.339 e. The molecule has 0 atom stereocenters. The van der Waals surface area contributed by atoms with Gasteiger partial charge in [-0.25, -0.2) is 5.43 Å². The first-order chi connectivity index (χ1) is 16.3. The van der Waals surface area contributed by atoms with Crippen molar-refractivity contribution in [2.75, 3.05) is 0 Å². The number of aryl methyl sites for hydroxylation is 1. The molecule has 33 heavy (non-hydrogen) atoms. The van der Waals surface area contributed by atoms with Gasteiger partial charge in [-0.1, -0.05) is 84.9 Å². The average molecular weight is 450 g/mol. The number of hydrogen-bond donors (Lipinski definition) is 1. The quantitative estimate of drug-likeness (QED) is 0.221. The predicted molar refractivity (Wildman–Crippen MR) is 137 cm³/mol. The standard InChI is InChI=1S/C28H23N3OS/c32-26(30-29-20-23-14-9-19-33-23)17-18-31-25-16-8-7-15-24(25)27(21-10-3-1-4-11-21)28(31)22-12-5-2-6-13-22/h1-16,19-20H,17-18H2,(H,30,32)/b29-20+. The van der Waals surface area contributed by atoms with Crippen molar-refractivity contribution in [2.24, 2.45) is 5.10 Å². The van der Waals surface area contributed by atoms with Crippen LogP contribution < -0.4 is 5.43 Å². The van der Waals surface area contributed by atoms with Gasteiger partial charge in [0.1, 0.15) is 0 Å². The van der Waals surface area contributed by atoms with E-state index in [0.29, 0.717) is 13.0 Å². The van der Waals surface area contributed by atoms with Crippen molar-refractivity contribution in [3.63, 3.8) is 0 Å². The van der Waals surface area contributed by atoms with Gasteiger partial charge >= 0.3 is 0 Å². The molecular formula is C28H23N3OS. The van der Waals surface area contributed by atoms with Crippen LogP contribution in [0.25, 0.3) is 33.3 Å². The van der Waals surface area contributed by atoms with E-state index >= 15 is 0 Å². The molecule has 4 nitrogen and oxygen atoms in total. The normalized spacial score (nSPS) is 11.3. The van der Waals surface area contributed by atoms with Crippen molar-refractivity contribution in [2.45, 2.75) is 13.0 Å². The van der Waals surface area contributed by atoms with Crippen LogP contribution in [0.1, 0.15) is 11.3 Å². The third-order valence-corrected chi connectivity index (χ3v) is 6.37. The molecule has 0 aliphatic heterocycles. The molecule has 2 aromatic heterocycles. The number of aromatic nitrogens is 1. The lowest BCUT2D eigenvalue weighted by Gasteiger charge is -2.13. The number of carbonyl (C=O) groups is 1. The highest BCUT2D eigenvalue weighted by molar-refractivity contribution is 7.11. The molecule has 162 valence electrons. The van der Waals surface area contributed by atoms with E-state index in [0.717, 1.165) is 27.2 Å². The Bertz CT molecular complexity index is 1390. The Morgan fingerprint density at radius 1 is 0.848 bits per heavy atom. The van der Waals surface area contributed by atoms with Crippen LogP contribution in [-0.4, -0.2) is 16.7 Å². The highest BCUT2D eigenvalue weighted by atomic mass is 32.1. The number of benzene rings is 3.